The molecule has 4 rings (SSSR count). The van der Waals surface area contributed by atoms with Crippen molar-refractivity contribution in [1.82, 2.24) is 9.80 Å². The van der Waals surface area contributed by atoms with Gasteiger partial charge in [-0.25, -0.2) is 0 Å². The maximum atomic E-state index is 14.4. The van der Waals surface area contributed by atoms with E-state index in [1.165, 1.54) is 0 Å². The number of carbonyl (C=O) groups excluding carboxylic acids is 3. The van der Waals surface area contributed by atoms with E-state index in [2.05, 4.69) is 13.5 Å². The lowest BCUT2D eigenvalue weighted by atomic mass is 9.66. The molecule has 2 amide bonds. The molecule has 3 aliphatic rings. The summed E-state index contributed by atoms with van der Waals surface area (Å²) < 4.78 is 4.68. The van der Waals surface area contributed by atoms with E-state index in [0.29, 0.717) is 13.0 Å². The minimum Gasteiger partial charge on any atom is -0.466 e. The Balaban J connectivity index is 1.83. The van der Waals surface area contributed by atoms with Crippen molar-refractivity contribution in [2.75, 3.05) is 19.8 Å². The summed E-state index contributed by atoms with van der Waals surface area (Å²) in [6.45, 7) is 11.9. The van der Waals surface area contributed by atoms with Crippen molar-refractivity contribution < 1.29 is 24.2 Å². The number of hydrogen-bond donors (Lipinski definition) is 1. The number of amides is 2. The lowest BCUT2D eigenvalue weighted by Crippen LogP contribution is -2.60. The first-order valence-electron chi connectivity index (χ1n) is 13.0. The van der Waals surface area contributed by atoms with Gasteiger partial charge in [0.25, 0.3) is 0 Å². The highest BCUT2D eigenvalue weighted by Crippen LogP contribution is 2.69. The number of fused-ring (bicyclic) bond motifs is 1. The van der Waals surface area contributed by atoms with Crippen LogP contribution in [-0.2, 0) is 25.5 Å². The normalized spacial score (nSPS) is 31.4. The molecule has 1 spiro atoms. The lowest BCUT2D eigenvalue weighted by molar-refractivity contribution is -0.154. The molecule has 3 heterocycles. The number of esters is 1. The molecule has 1 aromatic carbocycles. The predicted octanol–water partition coefficient (Wildman–Crippen LogP) is 2.91. The van der Waals surface area contributed by atoms with Crippen LogP contribution in [-0.4, -0.2) is 80.6 Å². The minimum absolute atomic E-state index is 0.0555. The number of aliphatic hydroxyl groups excluding tert-OH is 1. The van der Waals surface area contributed by atoms with Crippen LogP contribution in [0.25, 0.3) is 0 Å². The highest BCUT2D eigenvalue weighted by Gasteiger charge is 2.77. The number of hydrogen-bond acceptors (Lipinski definition) is 6. The molecule has 1 N–H and O–H groups in total. The summed E-state index contributed by atoms with van der Waals surface area (Å²) in [6, 6.07) is 8.24. The Labute approximate surface area is 218 Å². The Morgan fingerprint density at radius 3 is 2.61 bits per heavy atom. The molecular weight excluding hydrogens is 476 g/mol. The van der Waals surface area contributed by atoms with Crippen LogP contribution in [0.2, 0.25) is 0 Å². The molecule has 7 atom stereocenters. The highest BCUT2D eigenvalue weighted by atomic mass is 32.2. The van der Waals surface area contributed by atoms with Crippen molar-refractivity contribution in [1.29, 1.82) is 0 Å². The van der Waals surface area contributed by atoms with Gasteiger partial charge in [0.15, 0.2) is 0 Å². The number of ether oxygens (including phenoxy) is 1. The van der Waals surface area contributed by atoms with Gasteiger partial charge in [0.1, 0.15) is 6.04 Å². The molecule has 3 fully saturated rings. The molecule has 3 aliphatic heterocycles. The second-order valence-corrected chi connectivity index (χ2v) is 12.0. The summed E-state index contributed by atoms with van der Waals surface area (Å²) in [5.41, 5.74) is 0.976. The van der Waals surface area contributed by atoms with Crippen molar-refractivity contribution in [3.05, 3.63) is 48.6 Å². The molecule has 3 unspecified atom stereocenters. The van der Waals surface area contributed by atoms with Gasteiger partial charge < -0.3 is 19.6 Å². The molecule has 7 nitrogen and oxygen atoms in total. The van der Waals surface area contributed by atoms with E-state index >= 15 is 0 Å². The number of nitrogens with zero attached hydrogens (tertiary/aromatic N) is 2. The molecule has 0 aromatic heterocycles. The summed E-state index contributed by atoms with van der Waals surface area (Å²) in [4.78, 5) is 45.2. The average Bonchev–Trinajstić information content (AvgIpc) is 3.45. The first-order chi connectivity index (χ1) is 17.2. The number of thioether (sulfide) groups is 1. The van der Waals surface area contributed by atoms with Crippen LogP contribution in [0, 0.1) is 17.8 Å². The molecule has 1 aromatic rings. The molecule has 3 saturated heterocycles. The third-order valence-electron chi connectivity index (χ3n) is 8.13. The van der Waals surface area contributed by atoms with Crippen LogP contribution < -0.4 is 0 Å². The first-order valence-corrected chi connectivity index (χ1v) is 13.8. The Kier molecular flexibility index (Phi) is 7.86. The van der Waals surface area contributed by atoms with E-state index in [4.69, 9.17) is 4.74 Å². The Morgan fingerprint density at radius 2 is 2.03 bits per heavy atom. The van der Waals surface area contributed by atoms with E-state index in [0.717, 1.165) is 12.0 Å². The number of carbonyl (C=O) groups is 3. The van der Waals surface area contributed by atoms with Gasteiger partial charge in [-0.05, 0) is 45.1 Å². The second kappa shape index (κ2) is 10.6. The summed E-state index contributed by atoms with van der Waals surface area (Å²) in [7, 11) is 0. The van der Waals surface area contributed by atoms with Crippen LogP contribution in [0.5, 0.6) is 0 Å². The maximum absolute atomic E-state index is 14.4. The van der Waals surface area contributed by atoms with E-state index in [-0.39, 0.29) is 48.2 Å². The van der Waals surface area contributed by atoms with Crippen LogP contribution in [0.4, 0.5) is 0 Å². The van der Waals surface area contributed by atoms with Gasteiger partial charge in [-0.15, -0.1) is 18.3 Å². The zero-order valence-corrected chi connectivity index (χ0v) is 22.4. The number of benzene rings is 1. The molecule has 2 bridgehead atoms. The van der Waals surface area contributed by atoms with Crippen molar-refractivity contribution >= 4 is 29.5 Å². The molecule has 0 radical (unpaired) electrons. The Bertz CT molecular complexity index is 1000. The van der Waals surface area contributed by atoms with Gasteiger partial charge in [-0.1, -0.05) is 43.3 Å². The van der Waals surface area contributed by atoms with E-state index in [1.54, 1.807) is 34.6 Å². The fourth-order valence-electron chi connectivity index (χ4n) is 6.63. The first kappa shape index (κ1) is 26.7. The minimum atomic E-state index is -0.775. The van der Waals surface area contributed by atoms with Gasteiger partial charge in [-0.3, -0.25) is 14.4 Å². The average molecular weight is 515 g/mol. The molecular formula is C28H38N2O5S. The van der Waals surface area contributed by atoms with Gasteiger partial charge in [0.05, 0.1) is 35.8 Å². The van der Waals surface area contributed by atoms with E-state index in [1.807, 2.05) is 44.2 Å². The third kappa shape index (κ3) is 4.16. The van der Waals surface area contributed by atoms with Crippen molar-refractivity contribution in [2.45, 2.75) is 68.7 Å². The predicted molar refractivity (Wildman–Crippen MR) is 140 cm³/mol. The topological polar surface area (TPSA) is 87.2 Å². The quantitative estimate of drug-likeness (QED) is 0.382. The summed E-state index contributed by atoms with van der Waals surface area (Å²) in [6.07, 6.45) is 2.87. The highest BCUT2D eigenvalue weighted by molar-refractivity contribution is 8.02. The number of aliphatic hydroxyl groups is 1. The SMILES string of the molecule is C=CCN(C(=O)C1N([C@@H](CO)Cc2ccccc2)C(=O)[C@@H]2[C@H](C(=O)OCC)[C@@H]3CC(C)C12S3)C(C)C. The molecule has 8 heteroatoms. The zero-order valence-electron chi connectivity index (χ0n) is 21.6. The summed E-state index contributed by atoms with van der Waals surface area (Å²) in [5.74, 6) is -1.89. The van der Waals surface area contributed by atoms with Crippen LogP contribution in [0.15, 0.2) is 43.0 Å². The third-order valence-corrected chi connectivity index (χ3v) is 10.2. The summed E-state index contributed by atoms with van der Waals surface area (Å²) >= 11 is 1.63. The molecule has 0 aliphatic carbocycles. The van der Waals surface area contributed by atoms with Crippen molar-refractivity contribution in [3.8, 4) is 0 Å². The van der Waals surface area contributed by atoms with Gasteiger partial charge >= 0.3 is 5.97 Å². The monoisotopic (exact) mass is 514 g/mol. The zero-order chi connectivity index (χ0) is 26.2. The van der Waals surface area contributed by atoms with Crippen molar-refractivity contribution in [2.24, 2.45) is 17.8 Å². The molecule has 196 valence electrons. The van der Waals surface area contributed by atoms with Gasteiger partial charge in [0.2, 0.25) is 11.8 Å². The van der Waals surface area contributed by atoms with Gasteiger partial charge in [0, 0.05) is 17.8 Å². The van der Waals surface area contributed by atoms with Gasteiger partial charge in [-0.2, -0.15) is 0 Å². The van der Waals surface area contributed by atoms with Crippen LogP contribution in [0.1, 0.15) is 39.7 Å². The standard InChI is InChI=1S/C28H38N2O5S/c1-6-13-29(17(3)4)26(33)24-28-18(5)14-21(36-28)22(27(34)35-7-2)23(28)25(32)30(24)20(16-31)15-19-11-9-8-10-12-19/h6,8-12,17-18,20-24,31H,1,7,13-16H2,2-5H3/t18?,20-,21+,22-,23+,24?,28?/m1/s1. The second-order valence-electron chi connectivity index (χ2n) is 10.4. The van der Waals surface area contributed by atoms with Crippen LogP contribution in [0.3, 0.4) is 0 Å². The number of likely N-dealkylation sites (tertiary alicyclic amines) is 1. The van der Waals surface area contributed by atoms with E-state index in [9.17, 15) is 19.5 Å². The van der Waals surface area contributed by atoms with Crippen LogP contribution >= 0.6 is 11.8 Å². The maximum Gasteiger partial charge on any atom is 0.310 e. The largest absolute Gasteiger partial charge is 0.466 e. The Hall–Kier alpha value is -2.32. The van der Waals surface area contributed by atoms with E-state index < -0.39 is 28.7 Å². The molecule has 0 saturated carbocycles. The lowest BCUT2D eigenvalue weighted by Gasteiger charge is -2.42. The smallest absolute Gasteiger partial charge is 0.310 e. The number of rotatable bonds is 10. The fraction of sp³-hybridized carbons (Fsp3) is 0.607. The summed E-state index contributed by atoms with van der Waals surface area (Å²) in [5, 5.41) is 10.5. The Morgan fingerprint density at radius 1 is 1.33 bits per heavy atom. The fourth-order valence-corrected chi connectivity index (χ4v) is 9.02. The van der Waals surface area contributed by atoms with Crippen molar-refractivity contribution in [3.63, 3.8) is 0 Å². The molecule has 36 heavy (non-hydrogen) atoms.